The lowest BCUT2D eigenvalue weighted by Gasteiger charge is -2.16. The van der Waals surface area contributed by atoms with Gasteiger partial charge in [0.1, 0.15) is 11.7 Å². The minimum atomic E-state index is -4.63. The zero-order valence-electron chi connectivity index (χ0n) is 17.6. The molecule has 4 rings (SSSR count). The number of fused-ring (bicyclic) bond motifs is 2. The zero-order chi connectivity index (χ0) is 25.0. The van der Waals surface area contributed by atoms with Crippen LogP contribution in [0, 0.1) is 0 Å². The second kappa shape index (κ2) is 7.88. The number of nitrogens with zero attached hydrogens (tertiary/aromatic N) is 4. The summed E-state index contributed by atoms with van der Waals surface area (Å²) in [6, 6.07) is 1.12. The maximum Gasteiger partial charge on any atom is 0.408 e. The van der Waals surface area contributed by atoms with Crippen molar-refractivity contribution in [3.05, 3.63) is 42.0 Å². The summed E-state index contributed by atoms with van der Waals surface area (Å²) in [4.78, 5) is 22.8. The predicted octanol–water partition coefficient (Wildman–Crippen LogP) is 4.40. The molecule has 1 amide bonds. The van der Waals surface area contributed by atoms with E-state index in [0.717, 1.165) is 18.4 Å². The first-order valence-electron chi connectivity index (χ1n) is 9.84. The molecule has 0 aliphatic heterocycles. The summed E-state index contributed by atoms with van der Waals surface area (Å²) in [5, 5.41) is 6.52. The van der Waals surface area contributed by atoms with E-state index in [2.05, 4.69) is 25.4 Å². The molecule has 4 N–H and O–H groups in total. The number of alkyl halides is 6. The molecular formula is C20H17F6N7O. The number of hydrogen-bond acceptors (Lipinski definition) is 5. The number of H-pyrrole nitrogens is 1. The number of aromatic amines is 1. The molecule has 4 aromatic rings. The number of anilines is 1. The number of carbonyl (C=O) groups excluding carboxylic acids is 1. The number of carbonyl (C=O) groups is 1. The van der Waals surface area contributed by atoms with Gasteiger partial charge in [-0.1, -0.05) is 0 Å². The fourth-order valence-corrected chi connectivity index (χ4v) is 3.43. The number of rotatable bonds is 5. The van der Waals surface area contributed by atoms with Gasteiger partial charge in [-0.25, -0.2) is 9.50 Å². The van der Waals surface area contributed by atoms with Crippen molar-refractivity contribution in [3.8, 4) is 11.1 Å². The van der Waals surface area contributed by atoms with Gasteiger partial charge in [0.15, 0.2) is 0 Å². The Morgan fingerprint density at radius 3 is 2.50 bits per heavy atom. The Morgan fingerprint density at radius 2 is 1.88 bits per heavy atom. The van der Waals surface area contributed by atoms with Crippen LogP contribution < -0.4 is 11.1 Å². The number of nitrogens with two attached hydrogens (primary N) is 1. The van der Waals surface area contributed by atoms with E-state index in [9.17, 15) is 31.1 Å². The highest BCUT2D eigenvalue weighted by molar-refractivity contribution is 6.02. The molecular weight excluding hydrogens is 468 g/mol. The Hall–Kier alpha value is -3.84. The highest BCUT2D eigenvalue weighted by atomic mass is 19.4. The Morgan fingerprint density at radius 1 is 1.18 bits per heavy atom. The number of aromatic nitrogens is 5. The van der Waals surface area contributed by atoms with Crippen molar-refractivity contribution in [2.45, 2.75) is 38.2 Å². The fraction of sp³-hybridized carbons (Fsp3) is 0.300. The highest BCUT2D eigenvalue weighted by Gasteiger charge is 2.41. The van der Waals surface area contributed by atoms with Crippen molar-refractivity contribution in [1.82, 2.24) is 24.6 Å². The smallest absolute Gasteiger partial charge is 0.365 e. The van der Waals surface area contributed by atoms with Crippen molar-refractivity contribution in [2.75, 3.05) is 5.32 Å². The quantitative estimate of drug-likeness (QED) is 0.363. The Labute approximate surface area is 187 Å². The normalized spacial score (nSPS) is 14.5. The molecule has 0 aliphatic rings. The maximum absolute atomic E-state index is 13.3. The largest absolute Gasteiger partial charge is 0.408 e. The number of pyridine rings is 1. The van der Waals surface area contributed by atoms with Gasteiger partial charge in [-0.05, 0) is 31.5 Å². The number of halogens is 6. The van der Waals surface area contributed by atoms with E-state index in [0.29, 0.717) is 16.5 Å². The average molecular weight is 485 g/mol. The SMILES string of the molecule is C[C@H](c1nn2ccc(-c3c[nH]c4nc(N[C@H](C)C(F)(F)F)ncc34)cc2c1C(N)=O)C(F)(F)F. The minimum absolute atomic E-state index is 0.0728. The second-order valence-corrected chi connectivity index (χ2v) is 7.70. The molecule has 0 bridgehead atoms. The van der Waals surface area contributed by atoms with Crippen LogP contribution in [0.1, 0.15) is 35.8 Å². The Bertz CT molecular complexity index is 1390. The van der Waals surface area contributed by atoms with Crippen molar-refractivity contribution in [1.29, 1.82) is 0 Å². The Balaban J connectivity index is 1.77. The molecule has 0 fully saturated rings. The first-order chi connectivity index (χ1) is 15.8. The summed E-state index contributed by atoms with van der Waals surface area (Å²) in [5.74, 6) is -3.32. The van der Waals surface area contributed by atoms with Crippen LogP contribution in [0.5, 0.6) is 0 Å². The summed E-state index contributed by atoms with van der Waals surface area (Å²) in [6.07, 6.45) is -4.91. The summed E-state index contributed by atoms with van der Waals surface area (Å²) >= 11 is 0. The highest BCUT2D eigenvalue weighted by Crippen LogP contribution is 2.37. The van der Waals surface area contributed by atoms with Gasteiger partial charge >= 0.3 is 12.4 Å². The average Bonchev–Trinajstić information content (AvgIpc) is 3.32. The molecule has 0 saturated heterocycles. The monoisotopic (exact) mass is 485 g/mol. The molecule has 0 saturated carbocycles. The number of primary amides is 1. The number of hydrogen-bond donors (Lipinski definition) is 3. The maximum atomic E-state index is 13.3. The lowest BCUT2D eigenvalue weighted by molar-refractivity contribution is -0.147. The van der Waals surface area contributed by atoms with Gasteiger partial charge in [0.05, 0.1) is 22.7 Å². The fourth-order valence-electron chi connectivity index (χ4n) is 3.43. The summed E-state index contributed by atoms with van der Waals surface area (Å²) in [5.41, 5.74) is 5.82. The van der Waals surface area contributed by atoms with E-state index in [-0.39, 0.29) is 22.7 Å². The van der Waals surface area contributed by atoms with Crippen LogP contribution in [-0.2, 0) is 0 Å². The zero-order valence-corrected chi connectivity index (χ0v) is 17.6. The van der Waals surface area contributed by atoms with Crippen molar-refractivity contribution in [2.24, 2.45) is 5.73 Å². The molecule has 4 heterocycles. The Kier molecular flexibility index (Phi) is 5.41. The van der Waals surface area contributed by atoms with Crippen LogP contribution in [0.15, 0.2) is 30.7 Å². The van der Waals surface area contributed by atoms with E-state index in [1.165, 1.54) is 24.7 Å². The first-order valence-corrected chi connectivity index (χ1v) is 9.84. The van der Waals surface area contributed by atoms with E-state index in [4.69, 9.17) is 5.73 Å². The molecule has 14 heteroatoms. The summed E-state index contributed by atoms with van der Waals surface area (Å²) < 4.78 is 79.3. The van der Waals surface area contributed by atoms with Gasteiger partial charge in [0.25, 0.3) is 5.91 Å². The van der Waals surface area contributed by atoms with Crippen molar-refractivity contribution in [3.63, 3.8) is 0 Å². The van der Waals surface area contributed by atoms with Crippen LogP contribution in [0.3, 0.4) is 0 Å². The number of amides is 1. The summed E-state index contributed by atoms with van der Waals surface area (Å²) in [7, 11) is 0. The molecule has 0 radical (unpaired) electrons. The van der Waals surface area contributed by atoms with Crippen molar-refractivity contribution >= 4 is 28.4 Å². The van der Waals surface area contributed by atoms with Crippen molar-refractivity contribution < 1.29 is 31.1 Å². The first kappa shape index (κ1) is 23.3. The van der Waals surface area contributed by atoms with Gasteiger partial charge in [-0.3, -0.25) is 4.79 Å². The molecule has 0 unspecified atom stereocenters. The van der Waals surface area contributed by atoms with Crippen LogP contribution in [0.4, 0.5) is 32.3 Å². The minimum Gasteiger partial charge on any atom is -0.365 e. The van der Waals surface area contributed by atoms with Gasteiger partial charge in [-0.2, -0.15) is 36.4 Å². The van der Waals surface area contributed by atoms with Crippen LogP contribution in [-0.4, -0.2) is 48.9 Å². The third kappa shape index (κ3) is 4.10. The standard InChI is InChI=1S/C20H17F6N7O/c1-8(19(21,22)23)15-14(16(27)34)13-5-10(3-4-33(13)32-15)11-6-28-17-12(11)7-29-18(31-17)30-9(2)20(24,25)26/h3-9H,1-2H3,(H2,27,34)(H2,28,29,30,31)/t8-,9-/m1/s1. The molecule has 8 nitrogen and oxygen atoms in total. The third-order valence-electron chi connectivity index (χ3n) is 5.39. The van der Waals surface area contributed by atoms with E-state index >= 15 is 0 Å². The van der Waals surface area contributed by atoms with Gasteiger partial charge in [0.2, 0.25) is 5.95 Å². The van der Waals surface area contributed by atoms with Gasteiger partial charge < -0.3 is 16.0 Å². The van der Waals surface area contributed by atoms with Crippen LogP contribution in [0.2, 0.25) is 0 Å². The van der Waals surface area contributed by atoms with Gasteiger partial charge in [-0.15, -0.1) is 0 Å². The molecule has 0 aliphatic carbocycles. The lowest BCUT2D eigenvalue weighted by atomic mass is 10.0. The summed E-state index contributed by atoms with van der Waals surface area (Å²) in [6.45, 7) is 1.82. The van der Waals surface area contributed by atoms with E-state index in [1.54, 1.807) is 6.07 Å². The van der Waals surface area contributed by atoms with Crippen LogP contribution >= 0.6 is 0 Å². The van der Waals surface area contributed by atoms with E-state index in [1.807, 2.05) is 0 Å². The van der Waals surface area contributed by atoms with Gasteiger partial charge in [0, 0.05) is 29.5 Å². The number of nitrogens with one attached hydrogen (secondary N) is 2. The molecule has 34 heavy (non-hydrogen) atoms. The molecule has 4 aromatic heterocycles. The van der Waals surface area contributed by atoms with E-state index < -0.39 is 35.9 Å². The topological polar surface area (TPSA) is 114 Å². The molecule has 0 aromatic carbocycles. The molecule has 2 atom stereocenters. The lowest BCUT2D eigenvalue weighted by Crippen LogP contribution is -2.33. The molecule has 0 spiro atoms. The predicted molar refractivity (Wildman–Crippen MR) is 110 cm³/mol. The second-order valence-electron chi connectivity index (χ2n) is 7.70. The molecule has 180 valence electrons. The van der Waals surface area contributed by atoms with Crippen LogP contribution in [0.25, 0.3) is 27.7 Å². The third-order valence-corrected chi connectivity index (χ3v) is 5.39.